The van der Waals surface area contributed by atoms with Gasteiger partial charge >= 0.3 is 0 Å². The van der Waals surface area contributed by atoms with Gasteiger partial charge in [0.25, 0.3) is 0 Å². The van der Waals surface area contributed by atoms with Crippen LogP contribution in [0.5, 0.6) is 0 Å². The van der Waals surface area contributed by atoms with E-state index in [1.54, 1.807) is 0 Å². The van der Waals surface area contributed by atoms with Crippen molar-refractivity contribution in [2.75, 3.05) is 0 Å². The maximum atomic E-state index is 13.7. The van der Waals surface area contributed by atoms with Crippen LogP contribution in [0, 0.1) is 11.6 Å². The lowest BCUT2D eigenvalue weighted by atomic mass is 9.79. The normalized spacial score (nSPS) is 19.8. The van der Waals surface area contributed by atoms with Gasteiger partial charge < -0.3 is 5.11 Å². The predicted octanol–water partition coefficient (Wildman–Crippen LogP) is 3.77. The third kappa shape index (κ3) is 1.94. The van der Waals surface area contributed by atoms with E-state index in [0.29, 0.717) is 12.8 Å². The van der Waals surface area contributed by atoms with Crippen LogP contribution in [0.1, 0.15) is 37.7 Å². The summed E-state index contributed by atoms with van der Waals surface area (Å²) in [6.07, 6.45) is 3.65. The Hall–Kier alpha value is -0.670. The molecule has 1 aromatic rings. The van der Waals surface area contributed by atoms with Gasteiger partial charge in [0.2, 0.25) is 0 Å². The van der Waals surface area contributed by atoms with E-state index in [1.165, 1.54) is 12.1 Å². The zero-order chi connectivity index (χ0) is 11.8. The first kappa shape index (κ1) is 11.8. The number of hydrogen-bond donors (Lipinski definition) is 1. The third-order valence-corrected chi connectivity index (χ3v) is 3.51. The minimum absolute atomic E-state index is 0.0362. The molecule has 0 bridgehead atoms. The van der Waals surface area contributed by atoms with Crippen LogP contribution in [0.15, 0.2) is 12.1 Å². The second-order valence-electron chi connectivity index (χ2n) is 4.32. The molecule has 4 heteroatoms. The Labute approximate surface area is 98.0 Å². The molecule has 1 aliphatic rings. The molecule has 0 saturated heterocycles. The maximum Gasteiger partial charge on any atom is 0.177 e. The summed E-state index contributed by atoms with van der Waals surface area (Å²) in [4.78, 5) is 0. The van der Waals surface area contributed by atoms with Crippen molar-refractivity contribution in [1.82, 2.24) is 0 Å². The highest BCUT2D eigenvalue weighted by Crippen LogP contribution is 2.39. The fourth-order valence-corrected chi connectivity index (χ4v) is 2.44. The van der Waals surface area contributed by atoms with E-state index in [2.05, 4.69) is 0 Å². The Morgan fingerprint density at radius 2 is 1.69 bits per heavy atom. The van der Waals surface area contributed by atoms with Gasteiger partial charge in [-0.1, -0.05) is 36.9 Å². The molecular weight excluding hydrogens is 234 g/mol. The molecule has 1 nitrogen and oxygen atoms in total. The first-order valence-electron chi connectivity index (χ1n) is 5.41. The molecule has 0 aromatic heterocycles. The lowest BCUT2D eigenvalue weighted by Gasteiger charge is -2.32. The molecule has 1 fully saturated rings. The lowest BCUT2D eigenvalue weighted by Crippen LogP contribution is -2.30. The summed E-state index contributed by atoms with van der Waals surface area (Å²) in [5.41, 5.74) is -1.19. The first-order chi connectivity index (χ1) is 7.54. The Morgan fingerprint density at radius 1 is 1.06 bits per heavy atom. The standard InChI is InChI=1S/C12H13ClF2O/c13-9-5-4-8(10(14)11(9)15)12(16)6-2-1-3-7-12/h4-5,16H,1-3,6-7H2. The van der Waals surface area contributed by atoms with Gasteiger partial charge in [0.05, 0.1) is 10.6 Å². The summed E-state index contributed by atoms with van der Waals surface area (Å²) in [6.45, 7) is 0. The van der Waals surface area contributed by atoms with Gasteiger partial charge in [0.15, 0.2) is 11.6 Å². The van der Waals surface area contributed by atoms with Crippen molar-refractivity contribution in [3.05, 3.63) is 34.4 Å². The van der Waals surface area contributed by atoms with Crippen LogP contribution >= 0.6 is 11.6 Å². The largest absolute Gasteiger partial charge is 0.385 e. The highest BCUT2D eigenvalue weighted by Gasteiger charge is 2.34. The van der Waals surface area contributed by atoms with Crippen molar-refractivity contribution in [3.63, 3.8) is 0 Å². The van der Waals surface area contributed by atoms with E-state index >= 15 is 0 Å². The zero-order valence-electron chi connectivity index (χ0n) is 8.77. The van der Waals surface area contributed by atoms with E-state index in [-0.39, 0.29) is 10.6 Å². The minimum atomic E-state index is -1.23. The maximum absolute atomic E-state index is 13.7. The van der Waals surface area contributed by atoms with Gasteiger partial charge in [-0.15, -0.1) is 0 Å². The van der Waals surface area contributed by atoms with Crippen LogP contribution in [-0.4, -0.2) is 5.11 Å². The van der Waals surface area contributed by atoms with Gasteiger partial charge in [-0.3, -0.25) is 0 Å². The van der Waals surface area contributed by atoms with Crippen molar-refractivity contribution >= 4 is 11.6 Å². The fraction of sp³-hybridized carbons (Fsp3) is 0.500. The SMILES string of the molecule is OC1(c2ccc(Cl)c(F)c2F)CCCCC1. The smallest absolute Gasteiger partial charge is 0.177 e. The molecule has 1 aliphatic carbocycles. The first-order valence-corrected chi connectivity index (χ1v) is 5.79. The molecule has 1 saturated carbocycles. The molecule has 0 radical (unpaired) electrons. The second kappa shape index (κ2) is 4.30. The Kier molecular flexibility index (Phi) is 3.17. The molecule has 0 aliphatic heterocycles. The topological polar surface area (TPSA) is 20.2 Å². The third-order valence-electron chi connectivity index (χ3n) is 3.22. The summed E-state index contributed by atoms with van der Waals surface area (Å²) in [5.74, 6) is -2.09. The number of halogens is 3. The molecule has 0 atom stereocenters. The van der Waals surface area contributed by atoms with Crippen LogP contribution in [0.2, 0.25) is 5.02 Å². The van der Waals surface area contributed by atoms with Crippen LogP contribution in [0.4, 0.5) is 8.78 Å². The zero-order valence-corrected chi connectivity index (χ0v) is 9.53. The van der Waals surface area contributed by atoms with E-state index in [0.717, 1.165) is 19.3 Å². The van der Waals surface area contributed by atoms with E-state index < -0.39 is 17.2 Å². The fourth-order valence-electron chi connectivity index (χ4n) is 2.29. The summed E-state index contributed by atoms with van der Waals surface area (Å²) in [6, 6.07) is 2.67. The van der Waals surface area contributed by atoms with E-state index in [9.17, 15) is 13.9 Å². The molecule has 0 amide bonds. The predicted molar refractivity (Wildman–Crippen MR) is 58.3 cm³/mol. The van der Waals surface area contributed by atoms with E-state index in [4.69, 9.17) is 11.6 Å². The molecule has 16 heavy (non-hydrogen) atoms. The monoisotopic (exact) mass is 246 g/mol. The summed E-state index contributed by atoms with van der Waals surface area (Å²) in [5, 5.41) is 10.0. The van der Waals surface area contributed by atoms with Crippen molar-refractivity contribution in [1.29, 1.82) is 0 Å². The average molecular weight is 247 g/mol. The molecule has 0 unspecified atom stereocenters. The van der Waals surface area contributed by atoms with Crippen LogP contribution in [0.25, 0.3) is 0 Å². The van der Waals surface area contributed by atoms with Crippen LogP contribution in [-0.2, 0) is 5.60 Å². The van der Waals surface area contributed by atoms with Crippen molar-refractivity contribution in [2.45, 2.75) is 37.7 Å². The Balaban J connectivity index is 2.43. The van der Waals surface area contributed by atoms with Gasteiger partial charge in [0.1, 0.15) is 0 Å². The number of benzene rings is 1. The van der Waals surface area contributed by atoms with Crippen molar-refractivity contribution < 1.29 is 13.9 Å². The van der Waals surface area contributed by atoms with Gasteiger partial charge in [-0.2, -0.15) is 0 Å². The second-order valence-corrected chi connectivity index (χ2v) is 4.72. The molecule has 2 rings (SSSR count). The van der Waals surface area contributed by atoms with E-state index in [1.807, 2.05) is 0 Å². The highest BCUT2D eigenvalue weighted by atomic mass is 35.5. The highest BCUT2D eigenvalue weighted by molar-refractivity contribution is 6.30. The molecule has 88 valence electrons. The molecule has 0 heterocycles. The summed E-state index contributed by atoms with van der Waals surface area (Å²) >= 11 is 5.47. The number of hydrogen-bond acceptors (Lipinski definition) is 1. The van der Waals surface area contributed by atoms with Gasteiger partial charge in [-0.05, 0) is 18.9 Å². The lowest BCUT2D eigenvalue weighted by molar-refractivity contribution is -0.00428. The average Bonchev–Trinajstić information content (AvgIpc) is 2.27. The molecule has 1 aromatic carbocycles. The van der Waals surface area contributed by atoms with Crippen LogP contribution < -0.4 is 0 Å². The number of rotatable bonds is 1. The minimum Gasteiger partial charge on any atom is -0.385 e. The number of aliphatic hydroxyl groups is 1. The van der Waals surface area contributed by atoms with Crippen molar-refractivity contribution in [3.8, 4) is 0 Å². The Morgan fingerprint density at radius 3 is 2.31 bits per heavy atom. The van der Waals surface area contributed by atoms with Crippen molar-refractivity contribution in [2.24, 2.45) is 0 Å². The molecule has 0 spiro atoms. The Bertz CT molecular complexity index is 400. The summed E-state index contributed by atoms with van der Waals surface area (Å²) < 4.78 is 27.0. The summed E-state index contributed by atoms with van der Waals surface area (Å²) in [7, 11) is 0. The quantitative estimate of drug-likeness (QED) is 0.748. The van der Waals surface area contributed by atoms with Gasteiger partial charge in [-0.25, -0.2) is 8.78 Å². The molecular formula is C12H13ClF2O. The van der Waals surface area contributed by atoms with Gasteiger partial charge in [0, 0.05) is 5.56 Å². The van der Waals surface area contributed by atoms with Crippen LogP contribution in [0.3, 0.4) is 0 Å². The molecule has 1 N–H and O–H groups in total.